The Bertz CT molecular complexity index is 1240. The van der Waals surface area contributed by atoms with Gasteiger partial charge in [-0.25, -0.2) is 9.36 Å². The number of fused-ring (bicyclic) bond motifs is 1. The van der Waals surface area contributed by atoms with E-state index in [1.807, 2.05) is 48.9 Å². The number of amides is 1. The summed E-state index contributed by atoms with van der Waals surface area (Å²) in [6.07, 6.45) is 0. The summed E-state index contributed by atoms with van der Waals surface area (Å²) < 4.78 is 2.93. The van der Waals surface area contributed by atoms with E-state index in [2.05, 4.69) is 20.7 Å². The lowest BCUT2D eigenvalue weighted by atomic mass is 10.2. The molecule has 146 valence electrons. The van der Waals surface area contributed by atoms with Crippen LogP contribution in [0.4, 0.5) is 0 Å². The van der Waals surface area contributed by atoms with Gasteiger partial charge >= 0.3 is 0 Å². The molecule has 2 heterocycles. The van der Waals surface area contributed by atoms with Crippen molar-refractivity contribution in [1.29, 1.82) is 0 Å². The van der Waals surface area contributed by atoms with Crippen LogP contribution in [-0.4, -0.2) is 30.7 Å². The monoisotopic (exact) mass is 388 g/mol. The SMILES string of the molecule is Cc1nn(-c2ccccc2)c(C)c1CNC(=O)Cn1nnc2ccccc2c1=O. The quantitative estimate of drug-likeness (QED) is 0.564. The van der Waals surface area contributed by atoms with Crippen molar-refractivity contribution in [1.82, 2.24) is 30.1 Å². The molecule has 0 fully saturated rings. The van der Waals surface area contributed by atoms with E-state index in [0.717, 1.165) is 27.3 Å². The van der Waals surface area contributed by atoms with Gasteiger partial charge < -0.3 is 5.32 Å². The molecule has 1 N–H and O–H groups in total. The van der Waals surface area contributed by atoms with Crippen molar-refractivity contribution in [3.63, 3.8) is 0 Å². The van der Waals surface area contributed by atoms with Crippen molar-refractivity contribution in [2.75, 3.05) is 0 Å². The van der Waals surface area contributed by atoms with Crippen LogP contribution in [0.25, 0.3) is 16.6 Å². The van der Waals surface area contributed by atoms with Gasteiger partial charge in [0, 0.05) is 17.8 Å². The number of hydrogen-bond acceptors (Lipinski definition) is 5. The Labute approximate surface area is 166 Å². The second kappa shape index (κ2) is 7.67. The average Bonchev–Trinajstić information content (AvgIpc) is 3.03. The van der Waals surface area contributed by atoms with Crippen LogP contribution in [-0.2, 0) is 17.9 Å². The Morgan fingerprint density at radius 1 is 1.03 bits per heavy atom. The Morgan fingerprint density at radius 2 is 1.76 bits per heavy atom. The van der Waals surface area contributed by atoms with E-state index in [0.29, 0.717) is 17.4 Å². The normalized spacial score (nSPS) is 11.0. The van der Waals surface area contributed by atoms with Gasteiger partial charge in [-0.2, -0.15) is 5.10 Å². The predicted octanol–water partition coefficient (Wildman–Crippen LogP) is 1.91. The van der Waals surface area contributed by atoms with Crippen LogP contribution in [0.2, 0.25) is 0 Å². The molecule has 0 saturated carbocycles. The first-order valence-corrected chi connectivity index (χ1v) is 9.24. The van der Waals surface area contributed by atoms with Crippen LogP contribution in [0.15, 0.2) is 59.4 Å². The minimum atomic E-state index is -0.338. The number of carbonyl (C=O) groups is 1. The van der Waals surface area contributed by atoms with Crippen LogP contribution in [0.3, 0.4) is 0 Å². The van der Waals surface area contributed by atoms with E-state index in [1.165, 1.54) is 0 Å². The van der Waals surface area contributed by atoms with Gasteiger partial charge in [-0.1, -0.05) is 35.5 Å². The molecule has 2 aromatic carbocycles. The van der Waals surface area contributed by atoms with Gasteiger partial charge in [0.1, 0.15) is 12.1 Å². The number of hydrogen-bond donors (Lipinski definition) is 1. The van der Waals surface area contributed by atoms with Gasteiger partial charge in [-0.3, -0.25) is 9.59 Å². The van der Waals surface area contributed by atoms with Crippen molar-refractivity contribution in [2.45, 2.75) is 26.9 Å². The number of benzene rings is 2. The molecule has 2 aromatic heterocycles. The molecule has 8 nitrogen and oxygen atoms in total. The Kier molecular flexibility index (Phi) is 4.90. The number of para-hydroxylation sites is 1. The minimum absolute atomic E-state index is 0.193. The maximum Gasteiger partial charge on any atom is 0.278 e. The summed E-state index contributed by atoms with van der Waals surface area (Å²) in [5, 5.41) is 15.7. The molecule has 0 radical (unpaired) electrons. The fraction of sp³-hybridized carbons (Fsp3) is 0.190. The zero-order chi connectivity index (χ0) is 20.4. The van der Waals surface area contributed by atoms with Crippen molar-refractivity contribution >= 4 is 16.8 Å². The number of rotatable bonds is 5. The van der Waals surface area contributed by atoms with Gasteiger partial charge in [0.25, 0.3) is 5.56 Å². The topological polar surface area (TPSA) is 94.7 Å². The first-order valence-electron chi connectivity index (χ1n) is 9.24. The van der Waals surface area contributed by atoms with E-state index in [-0.39, 0.29) is 18.0 Å². The highest BCUT2D eigenvalue weighted by Gasteiger charge is 2.15. The second-order valence-corrected chi connectivity index (χ2v) is 6.74. The van der Waals surface area contributed by atoms with Crippen LogP contribution in [0, 0.1) is 13.8 Å². The average molecular weight is 388 g/mol. The van der Waals surface area contributed by atoms with Crippen LogP contribution >= 0.6 is 0 Å². The zero-order valence-electron chi connectivity index (χ0n) is 16.2. The Morgan fingerprint density at radius 3 is 2.55 bits per heavy atom. The van der Waals surface area contributed by atoms with Gasteiger partial charge in [0.2, 0.25) is 5.91 Å². The molecule has 29 heavy (non-hydrogen) atoms. The third kappa shape index (κ3) is 3.64. The Balaban J connectivity index is 1.49. The summed E-state index contributed by atoms with van der Waals surface area (Å²) in [6, 6.07) is 16.7. The number of aromatic nitrogens is 5. The fourth-order valence-corrected chi connectivity index (χ4v) is 3.26. The third-order valence-electron chi connectivity index (χ3n) is 4.83. The molecular formula is C21H20N6O2. The lowest BCUT2D eigenvalue weighted by Crippen LogP contribution is -2.34. The molecule has 0 atom stereocenters. The molecule has 4 aromatic rings. The van der Waals surface area contributed by atoms with E-state index < -0.39 is 0 Å². The molecule has 0 aliphatic rings. The zero-order valence-corrected chi connectivity index (χ0v) is 16.2. The molecular weight excluding hydrogens is 368 g/mol. The summed E-state index contributed by atoms with van der Waals surface area (Å²) >= 11 is 0. The summed E-state index contributed by atoms with van der Waals surface area (Å²) in [7, 11) is 0. The predicted molar refractivity (Wildman–Crippen MR) is 109 cm³/mol. The summed E-state index contributed by atoms with van der Waals surface area (Å²) in [6.45, 7) is 4.00. The van der Waals surface area contributed by atoms with Gasteiger partial charge in [-0.15, -0.1) is 5.10 Å². The van der Waals surface area contributed by atoms with Crippen molar-refractivity contribution < 1.29 is 4.79 Å². The standard InChI is InChI=1S/C21H20N6O2/c1-14-18(15(2)27(24-14)16-8-4-3-5-9-16)12-22-20(28)13-26-21(29)17-10-6-7-11-19(17)23-25-26/h3-11H,12-13H2,1-2H3,(H,22,28). The fourth-order valence-electron chi connectivity index (χ4n) is 3.26. The van der Waals surface area contributed by atoms with Crippen molar-refractivity contribution in [2.24, 2.45) is 0 Å². The summed E-state index contributed by atoms with van der Waals surface area (Å²) in [5.41, 5.74) is 3.87. The minimum Gasteiger partial charge on any atom is -0.350 e. The first-order chi connectivity index (χ1) is 14.0. The van der Waals surface area contributed by atoms with E-state index in [1.54, 1.807) is 24.3 Å². The molecule has 0 unspecified atom stereocenters. The molecule has 8 heteroatoms. The lowest BCUT2D eigenvalue weighted by Gasteiger charge is -2.08. The molecule has 4 rings (SSSR count). The van der Waals surface area contributed by atoms with E-state index >= 15 is 0 Å². The largest absolute Gasteiger partial charge is 0.350 e. The van der Waals surface area contributed by atoms with Crippen molar-refractivity contribution in [3.8, 4) is 5.69 Å². The highest BCUT2D eigenvalue weighted by atomic mass is 16.2. The van der Waals surface area contributed by atoms with Gasteiger partial charge in [0.15, 0.2) is 0 Å². The molecule has 1 amide bonds. The molecule has 0 saturated heterocycles. The number of nitrogens with one attached hydrogen (secondary N) is 1. The maximum atomic E-state index is 12.5. The Hall–Kier alpha value is -3.81. The highest BCUT2D eigenvalue weighted by molar-refractivity contribution is 5.78. The number of nitrogens with zero attached hydrogens (tertiary/aromatic N) is 5. The van der Waals surface area contributed by atoms with Crippen LogP contribution in [0.5, 0.6) is 0 Å². The summed E-state index contributed by atoms with van der Waals surface area (Å²) in [4.78, 5) is 24.9. The smallest absolute Gasteiger partial charge is 0.278 e. The molecule has 0 spiro atoms. The second-order valence-electron chi connectivity index (χ2n) is 6.74. The number of carbonyl (C=O) groups excluding carboxylic acids is 1. The van der Waals surface area contributed by atoms with E-state index in [4.69, 9.17) is 0 Å². The van der Waals surface area contributed by atoms with Crippen LogP contribution in [0.1, 0.15) is 17.0 Å². The molecule has 0 aliphatic carbocycles. The summed E-state index contributed by atoms with van der Waals surface area (Å²) in [5.74, 6) is -0.317. The highest BCUT2D eigenvalue weighted by Crippen LogP contribution is 2.17. The molecule has 0 bridgehead atoms. The number of aryl methyl sites for hydroxylation is 1. The lowest BCUT2D eigenvalue weighted by molar-refractivity contribution is -0.122. The van der Waals surface area contributed by atoms with Crippen molar-refractivity contribution in [3.05, 3.63) is 81.9 Å². The first kappa shape index (κ1) is 18.5. The third-order valence-corrected chi connectivity index (χ3v) is 4.83. The van der Waals surface area contributed by atoms with Gasteiger partial charge in [-0.05, 0) is 38.1 Å². The molecule has 0 aliphatic heterocycles. The van der Waals surface area contributed by atoms with Crippen LogP contribution < -0.4 is 10.9 Å². The van der Waals surface area contributed by atoms with Gasteiger partial charge in [0.05, 0.1) is 16.8 Å². The van der Waals surface area contributed by atoms with E-state index in [9.17, 15) is 9.59 Å². The maximum absolute atomic E-state index is 12.5.